The van der Waals surface area contributed by atoms with E-state index in [0.717, 1.165) is 28.8 Å². The van der Waals surface area contributed by atoms with Crippen LogP contribution in [-0.2, 0) is 13.1 Å². The summed E-state index contributed by atoms with van der Waals surface area (Å²) in [6.45, 7) is 1.68. The third-order valence-corrected chi connectivity index (χ3v) is 4.74. The van der Waals surface area contributed by atoms with Crippen LogP contribution in [-0.4, -0.2) is 27.9 Å². The van der Waals surface area contributed by atoms with Gasteiger partial charge in [0.05, 0.1) is 29.7 Å². The lowest BCUT2D eigenvalue weighted by Gasteiger charge is -2.16. The van der Waals surface area contributed by atoms with Crippen LogP contribution >= 0.6 is 0 Å². The van der Waals surface area contributed by atoms with Crippen molar-refractivity contribution in [3.8, 4) is 5.75 Å². The second kappa shape index (κ2) is 4.71. The Balaban J connectivity index is 1.59. The number of para-hydroxylation sites is 1. The van der Waals surface area contributed by atoms with E-state index in [1.54, 1.807) is 24.3 Å². The molecule has 2 aliphatic rings. The van der Waals surface area contributed by atoms with Crippen LogP contribution in [0.1, 0.15) is 26.3 Å². The maximum absolute atomic E-state index is 12.6. The number of benzene rings is 2. The second-order valence-corrected chi connectivity index (χ2v) is 6.09. The predicted octanol–water partition coefficient (Wildman–Crippen LogP) is 2.83. The van der Waals surface area contributed by atoms with Gasteiger partial charge in [-0.1, -0.05) is 24.3 Å². The number of fused-ring (bicyclic) bond motifs is 1. The third kappa shape index (κ3) is 1.69. The van der Waals surface area contributed by atoms with Crippen molar-refractivity contribution in [1.82, 2.24) is 9.47 Å². The normalized spacial score (nSPS) is 15.8. The SMILES string of the molecule is O=C1c2ccccc2C(=O)N1Cc1cn2c3c(cccc13)OCC2. The number of imide groups is 1. The average molecular weight is 318 g/mol. The van der Waals surface area contributed by atoms with Crippen LogP contribution in [0.25, 0.3) is 10.9 Å². The van der Waals surface area contributed by atoms with E-state index in [9.17, 15) is 9.59 Å². The van der Waals surface area contributed by atoms with Crippen LogP contribution in [0, 0.1) is 0 Å². The Labute approximate surface area is 138 Å². The van der Waals surface area contributed by atoms with E-state index in [0.29, 0.717) is 17.7 Å². The largest absolute Gasteiger partial charge is 0.490 e. The molecule has 0 unspecified atom stereocenters. The minimum absolute atomic E-state index is 0.223. The van der Waals surface area contributed by atoms with Gasteiger partial charge in [-0.2, -0.15) is 0 Å². The number of amides is 2. The van der Waals surface area contributed by atoms with Crippen molar-refractivity contribution in [1.29, 1.82) is 0 Å². The first kappa shape index (κ1) is 13.4. The zero-order valence-corrected chi connectivity index (χ0v) is 12.9. The molecule has 5 nitrogen and oxygen atoms in total. The molecule has 0 fully saturated rings. The van der Waals surface area contributed by atoms with Crippen molar-refractivity contribution in [2.24, 2.45) is 0 Å². The van der Waals surface area contributed by atoms with Crippen molar-refractivity contribution in [3.63, 3.8) is 0 Å². The number of carbonyl (C=O) groups excluding carboxylic acids is 2. The Morgan fingerprint density at radius 2 is 1.71 bits per heavy atom. The number of hydrogen-bond donors (Lipinski definition) is 0. The maximum Gasteiger partial charge on any atom is 0.261 e. The molecule has 0 aliphatic carbocycles. The van der Waals surface area contributed by atoms with Gasteiger partial charge in [0.25, 0.3) is 11.8 Å². The van der Waals surface area contributed by atoms with Crippen LogP contribution in [0.2, 0.25) is 0 Å². The summed E-state index contributed by atoms with van der Waals surface area (Å²) in [6, 6.07) is 12.9. The number of aromatic nitrogens is 1. The summed E-state index contributed by atoms with van der Waals surface area (Å²) < 4.78 is 7.84. The van der Waals surface area contributed by atoms with Crippen LogP contribution in [0.15, 0.2) is 48.7 Å². The van der Waals surface area contributed by atoms with E-state index in [4.69, 9.17) is 4.74 Å². The lowest BCUT2D eigenvalue weighted by Crippen LogP contribution is -2.29. The van der Waals surface area contributed by atoms with E-state index >= 15 is 0 Å². The molecular weight excluding hydrogens is 304 g/mol. The molecule has 3 heterocycles. The molecular formula is C19H14N2O3. The first-order chi connectivity index (χ1) is 11.7. The van der Waals surface area contributed by atoms with Crippen molar-refractivity contribution >= 4 is 22.7 Å². The molecule has 0 bridgehead atoms. The van der Waals surface area contributed by atoms with Crippen LogP contribution < -0.4 is 4.74 Å². The lowest BCUT2D eigenvalue weighted by atomic mass is 10.1. The predicted molar refractivity (Wildman–Crippen MR) is 88.1 cm³/mol. The highest BCUT2D eigenvalue weighted by atomic mass is 16.5. The van der Waals surface area contributed by atoms with Gasteiger partial charge in [-0.05, 0) is 23.8 Å². The molecule has 1 aromatic heterocycles. The third-order valence-electron chi connectivity index (χ3n) is 4.74. The molecule has 0 radical (unpaired) electrons. The van der Waals surface area contributed by atoms with Gasteiger partial charge < -0.3 is 9.30 Å². The zero-order chi connectivity index (χ0) is 16.3. The summed E-state index contributed by atoms with van der Waals surface area (Å²) in [5.41, 5.74) is 2.97. The monoisotopic (exact) mass is 318 g/mol. The van der Waals surface area contributed by atoms with Gasteiger partial charge in [-0.15, -0.1) is 0 Å². The van der Waals surface area contributed by atoms with Crippen molar-refractivity contribution in [2.75, 3.05) is 6.61 Å². The molecule has 0 spiro atoms. The lowest BCUT2D eigenvalue weighted by molar-refractivity contribution is 0.0643. The number of carbonyl (C=O) groups is 2. The molecule has 2 amide bonds. The van der Waals surface area contributed by atoms with Crippen molar-refractivity contribution < 1.29 is 14.3 Å². The van der Waals surface area contributed by atoms with Gasteiger partial charge >= 0.3 is 0 Å². The first-order valence-electron chi connectivity index (χ1n) is 7.93. The summed E-state index contributed by atoms with van der Waals surface area (Å²) in [5.74, 6) is 0.407. The molecule has 24 heavy (non-hydrogen) atoms. The fourth-order valence-electron chi connectivity index (χ4n) is 3.63. The van der Waals surface area contributed by atoms with E-state index in [1.165, 1.54) is 4.90 Å². The summed E-state index contributed by atoms with van der Waals surface area (Å²) in [5, 5.41) is 1.03. The number of nitrogens with zero attached hydrogens (tertiary/aromatic N) is 2. The Kier molecular flexibility index (Phi) is 2.62. The molecule has 0 N–H and O–H groups in total. The van der Waals surface area contributed by atoms with Gasteiger partial charge in [-0.25, -0.2) is 0 Å². The minimum Gasteiger partial charge on any atom is -0.490 e. The summed E-state index contributed by atoms with van der Waals surface area (Å²) in [6.07, 6.45) is 2.03. The maximum atomic E-state index is 12.6. The minimum atomic E-state index is -0.223. The highest BCUT2D eigenvalue weighted by Gasteiger charge is 2.35. The number of rotatable bonds is 2. The van der Waals surface area contributed by atoms with Gasteiger partial charge in [-0.3, -0.25) is 14.5 Å². The van der Waals surface area contributed by atoms with E-state index in [-0.39, 0.29) is 18.4 Å². The zero-order valence-electron chi connectivity index (χ0n) is 12.9. The van der Waals surface area contributed by atoms with E-state index < -0.39 is 0 Å². The van der Waals surface area contributed by atoms with Crippen molar-refractivity contribution in [3.05, 3.63) is 65.4 Å². The molecule has 3 aromatic rings. The molecule has 0 saturated carbocycles. The fraction of sp³-hybridized carbons (Fsp3) is 0.158. The van der Waals surface area contributed by atoms with Gasteiger partial charge in [0.2, 0.25) is 0 Å². The van der Waals surface area contributed by atoms with E-state index in [1.807, 2.05) is 24.4 Å². The Morgan fingerprint density at radius 3 is 2.46 bits per heavy atom. The van der Waals surface area contributed by atoms with Crippen LogP contribution in [0.5, 0.6) is 5.75 Å². The van der Waals surface area contributed by atoms with E-state index in [2.05, 4.69) is 4.57 Å². The average Bonchev–Trinajstić information content (AvgIpc) is 3.09. The fourth-order valence-corrected chi connectivity index (χ4v) is 3.63. The summed E-state index contributed by atoms with van der Waals surface area (Å²) in [7, 11) is 0. The molecule has 0 atom stereocenters. The number of ether oxygens (including phenoxy) is 1. The quantitative estimate of drug-likeness (QED) is 0.683. The topological polar surface area (TPSA) is 51.5 Å². The Hall–Kier alpha value is -3.08. The summed E-state index contributed by atoms with van der Waals surface area (Å²) >= 11 is 0. The van der Waals surface area contributed by atoms with Gasteiger partial charge in [0.1, 0.15) is 12.4 Å². The standard InChI is InChI=1S/C19H14N2O3/c22-18-14-4-1-2-5-15(14)19(23)21(18)11-12-10-20-8-9-24-16-7-3-6-13(12)17(16)20/h1-7,10H,8-9,11H2. The first-order valence-corrected chi connectivity index (χ1v) is 7.93. The van der Waals surface area contributed by atoms with Crippen LogP contribution in [0.4, 0.5) is 0 Å². The molecule has 2 aromatic carbocycles. The molecule has 2 aliphatic heterocycles. The molecule has 5 rings (SSSR count). The Bertz CT molecular complexity index is 984. The number of hydrogen-bond acceptors (Lipinski definition) is 3. The molecule has 118 valence electrons. The van der Waals surface area contributed by atoms with Gasteiger partial charge in [0.15, 0.2) is 0 Å². The van der Waals surface area contributed by atoms with Gasteiger partial charge in [0, 0.05) is 11.6 Å². The Morgan fingerprint density at radius 1 is 0.958 bits per heavy atom. The van der Waals surface area contributed by atoms with Crippen molar-refractivity contribution in [2.45, 2.75) is 13.1 Å². The highest BCUT2D eigenvalue weighted by Crippen LogP contribution is 2.34. The highest BCUT2D eigenvalue weighted by molar-refractivity contribution is 6.21. The second-order valence-electron chi connectivity index (χ2n) is 6.09. The van der Waals surface area contributed by atoms with Crippen LogP contribution in [0.3, 0.4) is 0 Å². The molecule has 5 heteroatoms. The smallest absolute Gasteiger partial charge is 0.261 e. The summed E-state index contributed by atoms with van der Waals surface area (Å²) in [4.78, 5) is 26.5. The molecule has 0 saturated heterocycles.